The Morgan fingerprint density at radius 3 is 1.94 bits per heavy atom. The number of carbonyl (C=O) groups is 2. The first-order chi connectivity index (χ1) is 7.93. The minimum absolute atomic E-state index is 0.0175. The fourth-order valence-corrected chi connectivity index (χ4v) is 2.90. The molecule has 0 unspecified atom stereocenters. The van der Waals surface area contributed by atoms with Gasteiger partial charge < -0.3 is 13.8 Å². The molecular formula is C11H21O5P. The first-order valence-corrected chi connectivity index (χ1v) is 7.55. The number of hydrogen-bond acceptors (Lipinski definition) is 5. The maximum Gasteiger partial charge on any atom is 0.331 e. The summed E-state index contributed by atoms with van der Waals surface area (Å²) in [5, 5.41) is 0. The largest absolute Gasteiger partial charge is 0.331 e. The van der Waals surface area contributed by atoms with E-state index in [1.54, 1.807) is 13.8 Å². The lowest BCUT2D eigenvalue weighted by atomic mass is 10.1. The molecule has 0 aromatic rings. The summed E-state index contributed by atoms with van der Waals surface area (Å²) in [4.78, 5) is 22.1. The Kier molecular flexibility index (Phi) is 8.30. The Morgan fingerprint density at radius 1 is 1.00 bits per heavy atom. The summed E-state index contributed by atoms with van der Waals surface area (Å²) in [7, 11) is -3.13. The van der Waals surface area contributed by atoms with Gasteiger partial charge in [0.25, 0.3) is 0 Å². The molecule has 0 atom stereocenters. The van der Waals surface area contributed by atoms with Crippen LogP contribution in [0.3, 0.4) is 0 Å². The predicted molar refractivity (Wildman–Crippen MR) is 65.3 cm³/mol. The monoisotopic (exact) mass is 264 g/mol. The van der Waals surface area contributed by atoms with Crippen LogP contribution in [-0.4, -0.2) is 30.9 Å². The Labute approximate surface area is 102 Å². The zero-order valence-electron chi connectivity index (χ0n) is 10.7. The van der Waals surface area contributed by atoms with Crippen molar-refractivity contribution in [2.45, 2.75) is 40.0 Å². The molecule has 0 aromatic carbocycles. The maximum absolute atomic E-state index is 12.0. The van der Waals surface area contributed by atoms with Gasteiger partial charge in [0.1, 0.15) is 11.6 Å². The van der Waals surface area contributed by atoms with E-state index in [1.807, 2.05) is 0 Å². The molecule has 0 spiro atoms. The molecule has 100 valence electrons. The highest BCUT2D eigenvalue weighted by atomic mass is 31.2. The van der Waals surface area contributed by atoms with Crippen molar-refractivity contribution in [3.8, 4) is 0 Å². The lowest BCUT2D eigenvalue weighted by Gasteiger charge is -2.16. The molecule has 0 aromatic heterocycles. The maximum atomic E-state index is 12.0. The lowest BCUT2D eigenvalue weighted by Crippen LogP contribution is -2.07. The fraction of sp³-hybridized carbons (Fsp3) is 0.818. The van der Waals surface area contributed by atoms with E-state index in [9.17, 15) is 14.2 Å². The summed E-state index contributed by atoms with van der Waals surface area (Å²) in [5.74, 6) is -0.101. The van der Waals surface area contributed by atoms with Crippen molar-refractivity contribution in [1.82, 2.24) is 0 Å². The number of carbonyl (C=O) groups excluding carboxylic acids is 2. The van der Waals surface area contributed by atoms with E-state index >= 15 is 0 Å². The molecule has 0 fully saturated rings. The van der Waals surface area contributed by atoms with Crippen LogP contribution in [0.5, 0.6) is 0 Å². The van der Waals surface area contributed by atoms with Crippen LogP contribution in [0.1, 0.15) is 40.0 Å². The first kappa shape index (κ1) is 16.5. The summed E-state index contributed by atoms with van der Waals surface area (Å²) < 4.78 is 22.1. The smallest absolute Gasteiger partial charge is 0.309 e. The van der Waals surface area contributed by atoms with E-state index in [1.165, 1.54) is 6.92 Å². The van der Waals surface area contributed by atoms with Crippen LogP contribution in [-0.2, 0) is 23.2 Å². The number of hydrogen-bond donors (Lipinski definition) is 0. The highest BCUT2D eigenvalue weighted by Gasteiger charge is 2.24. The second-order valence-corrected chi connectivity index (χ2v) is 5.85. The van der Waals surface area contributed by atoms with Gasteiger partial charge in [0, 0.05) is 19.3 Å². The molecule has 0 aliphatic heterocycles. The van der Waals surface area contributed by atoms with Crippen molar-refractivity contribution in [2.75, 3.05) is 19.4 Å². The summed E-state index contributed by atoms with van der Waals surface area (Å²) in [6.45, 7) is 5.48. The van der Waals surface area contributed by atoms with E-state index in [0.717, 1.165) is 0 Å². The Hall–Kier alpha value is -0.510. The second kappa shape index (κ2) is 8.56. The van der Waals surface area contributed by atoms with Crippen molar-refractivity contribution in [3.05, 3.63) is 0 Å². The van der Waals surface area contributed by atoms with E-state index in [-0.39, 0.29) is 37.0 Å². The topological polar surface area (TPSA) is 69.7 Å². The van der Waals surface area contributed by atoms with Crippen LogP contribution in [0, 0.1) is 0 Å². The minimum Gasteiger partial charge on any atom is -0.309 e. The SMILES string of the molecule is CCOP(=O)(CCC(=O)CCC(C)=O)OCC. The molecule has 0 N–H and O–H groups in total. The molecule has 0 heterocycles. The zero-order chi connectivity index (χ0) is 13.3. The van der Waals surface area contributed by atoms with Crippen LogP contribution < -0.4 is 0 Å². The van der Waals surface area contributed by atoms with Crippen molar-refractivity contribution < 1.29 is 23.2 Å². The van der Waals surface area contributed by atoms with Gasteiger partial charge in [-0.3, -0.25) is 9.36 Å². The minimum atomic E-state index is -3.13. The summed E-state index contributed by atoms with van der Waals surface area (Å²) in [6, 6.07) is 0. The van der Waals surface area contributed by atoms with Gasteiger partial charge in [-0.15, -0.1) is 0 Å². The van der Waals surface area contributed by atoms with Crippen LogP contribution in [0.15, 0.2) is 0 Å². The average molecular weight is 264 g/mol. The summed E-state index contributed by atoms with van der Waals surface area (Å²) in [5.41, 5.74) is 0. The van der Waals surface area contributed by atoms with Crippen molar-refractivity contribution in [1.29, 1.82) is 0 Å². The predicted octanol–water partition coefficient (Wildman–Crippen LogP) is 2.58. The van der Waals surface area contributed by atoms with Gasteiger partial charge in [-0.1, -0.05) is 0 Å². The molecule has 0 aliphatic carbocycles. The van der Waals surface area contributed by atoms with Crippen LogP contribution in [0.2, 0.25) is 0 Å². The van der Waals surface area contributed by atoms with Crippen molar-refractivity contribution in [3.63, 3.8) is 0 Å². The third-order valence-electron chi connectivity index (χ3n) is 2.07. The number of Topliss-reactive ketones (excluding diaryl/α,β-unsaturated/α-hetero) is 2. The molecule has 0 bridgehead atoms. The van der Waals surface area contributed by atoms with E-state index in [2.05, 4.69) is 0 Å². The fourth-order valence-electron chi connectivity index (χ4n) is 1.26. The van der Waals surface area contributed by atoms with E-state index in [4.69, 9.17) is 9.05 Å². The Morgan fingerprint density at radius 2 is 1.53 bits per heavy atom. The average Bonchev–Trinajstić information content (AvgIpc) is 2.24. The molecular weight excluding hydrogens is 243 g/mol. The normalized spacial score (nSPS) is 11.5. The second-order valence-electron chi connectivity index (χ2n) is 3.66. The zero-order valence-corrected chi connectivity index (χ0v) is 11.6. The first-order valence-electron chi connectivity index (χ1n) is 5.82. The van der Waals surface area contributed by atoms with Crippen LogP contribution >= 0.6 is 7.60 Å². The van der Waals surface area contributed by atoms with Gasteiger partial charge in [0.2, 0.25) is 0 Å². The number of ketones is 2. The van der Waals surface area contributed by atoms with Gasteiger partial charge in [0.05, 0.1) is 19.4 Å². The van der Waals surface area contributed by atoms with Gasteiger partial charge in [-0.25, -0.2) is 0 Å². The highest BCUT2D eigenvalue weighted by Crippen LogP contribution is 2.48. The standard InChI is InChI=1S/C11H21O5P/c1-4-15-17(14,16-5-2)9-8-11(13)7-6-10(3)12/h4-9H2,1-3H3. The molecule has 0 amide bonds. The molecule has 6 heteroatoms. The Bertz CT molecular complexity index is 290. The summed E-state index contributed by atoms with van der Waals surface area (Å²) >= 11 is 0. The third-order valence-corrected chi connectivity index (χ3v) is 4.15. The molecule has 0 radical (unpaired) electrons. The van der Waals surface area contributed by atoms with E-state index in [0.29, 0.717) is 13.2 Å². The Balaban J connectivity index is 4.08. The van der Waals surface area contributed by atoms with Gasteiger partial charge in [-0.05, 0) is 20.8 Å². The highest BCUT2D eigenvalue weighted by molar-refractivity contribution is 7.53. The summed E-state index contributed by atoms with van der Waals surface area (Å²) in [6.07, 6.45) is 0.663. The molecule has 0 saturated carbocycles. The van der Waals surface area contributed by atoms with E-state index < -0.39 is 7.60 Å². The van der Waals surface area contributed by atoms with Crippen LogP contribution in [0.25, 0.3) is 0 Å². The quantitative estimate of drug-likeness (QED) is 0.567. The lowest BCUT2D eigenvalue weighted by molar-refractivity contribution is -0.123. The van der Waals surface area contributed by atoms with Crippen molar-refractivity contribution in [2.24, 2.45) is 0 Å². The van der Waals surface area contributed by atoms with Crippen LogP contribution in [0.4, 0.5) is 0 Å². The number of rotatable bonds is 10. The molecule has 0 aliphatic rings. The molecule has 17 heavy (non-hydrogen) atoms. The van der Waals surface area contributed by atoms with Gasteiger partial charge in [-0.2, -0.15) is 0 Å². The third kappa shape index (κ3) is 8.25. The molecule has 5 nitrogen and oxygen atoms in total. The molecule has 0 saturated heterocycles. The van der Waals surface area contributed by atoms with Gasteiger partial charge in [0.15, 0.2) is 0 Å². The van der Waals surface area contributed by atoms with Crippen molar-refractivity contribution >= 4 is 19.2 Å². The van der Waals surface area contributed by atoms with Gasteiger partial charge >= 0.3 is 7.60 Å². The molecule has 0 rings (SSSR count).